The molecule has 1 aliphatic heterocycles. The number of aromatic nitrogens is 2. The maximum Gasteiger partial charge on any atom is 0.266 e. The number of thiazole rings is 1. The van der Waals surface area contributed by atoms with Gasteiger partial charge in [0.05, 0.1) is 22.9 Å². The summed E-state index contributed by atoms with van der Waals surface area (Å²) in [7, 11) is 0. The Hall–Kier alpha value is -2.60. The van der Waals surface area contributed by atoms with E-state index >= 15 is 0 Å². The van der Waals surface area contributed by atoms with Gasteiger partial charge in [0.15, 0.2) is 0 Å². The molecular formula is C21H20FN3OS. The number of benzene rings is 1. The highest BCUT2D eigenvalue weighted by molar-refractivity contribution is 7.11. The molecule has 2 aromatic heterocycles. The van der Waals surface area contributed by atoms with Crippen LogP contribution in [0.2, 0.25) is 0 Å². The van der Waals surface area contributed by atoms with Crippen molar-refractivity contribution < 1.29 is 9.18 Å². The summed E-state index contributed by atoms with van der Waals surface area (Å²) in [6.45, 7) is 2.59. The summed E-state index contributed by atoms with van der Waals surface area (Å²) in [4.78, 5) is 24.5. The normalized spacial score (nSPS) is 16.7. The number of pyridine rings is 1. The summed E-state index contributed by atoms with van der Waals surface area (Å²) in [5.74, 6) is -0.193. The molecule has 0 spiro atoms. The minimum absolute atomic E-state index is 0.0267. The molecule has 0 N–H and O–H groups in total. The van der Waals surface area contributed by atoms with E-state index in [1.165, 1.54) is 17.4 Å². The first kappa shape index (κ1) is 17.8. The van der Waals surface area contributed by atoms with E-state index in [1.807, 2.05) is 36.1 Å². The van der Waals surface area contributed by atoms with Gasteiger partial charge in [0.2, 0.25) is 0 Å². The van der Waals surface area contributed by atoms with Crippen LogP contribution < -0.4 is 0 Å². The molecule has 27 heavy (non-hydrogen) atoms. The third kappa shape index (κ3) is 3.62. The van der Waals surface area contributed by atoms with Gasteiger partial charge in [-0.1, -0.05) is 24.3 Å². The van der Waals surface area contributed by atoms with Gasteiger partial charge in [-0.25, -0.2) is 9.37 Å². The van der Waals surface area contributed by atoms with Crippen molar-refractivity contribution in [2.24, 2.45) is 0 Å². The lowest BCUT2D eigenvalue weighted by atomic mass is 10.1. The lowest BCUT2D eigenvalue weighted by Crippen LogP contribution is -2.31. The Balaban J connectivity index is 1.58. The third-order valence-corrected chi connectivity index (χ3v) is 5.87. The molecule has 3 aromatic rings. The molecule has 6 heteroatoms. The average Bonchev–Trinajstić information content (AvgIpc) is 3.32. The monoisotopic (exact) mass is 381 g/mol. The molecule has 1 saturated heterocycles. The van der Waals surface area contributed by atoms with E-state index in [4.69, 9.17) is 4.98 Å². The van der Waals surface area contributed by atoms with Crippen LogP contribution in [0.3, 0.4) is 0 Å². The molecule has 0 unspecified atom stereocenters. The fourth-order valence-electron chi connectivity index (χ4n) is 3.57. The summed E-state index contributed by atoms with van der Waals surface area (Å²) in [5, 5.41) is 0. The second-order valence-electron chi connectivity index (χ2n) is 6.75. The molecule has 0 saturated carbocycles. The van der Waals surface area contributed by atoms with E-state index in [0.717, 1.165) is 36.5 Å². The Labute approximate surface area is 161 Å². The number of nitrogens with zero attached hydrogens (tertiary/aromatic N) is 3. The van der Waals surface area contributed by atoms with Gasteiger partial charge in [0.25, 0.3) is 5.91 Å². The number of amides is 1. The zero-order valence-corrected chi connectivity index (χ0v) is 15.9. The molecule has 0 aliphatic carbocycles. The van der Waals surface area contributed by atoms with E-state index in [0.29, 0.717) is 16.9 Å². The van der Waals surface area contributed by atoms with E-state index in [2.05, 4.69) is 4.98 Å². The summed E-state index contributed by atoms with van der Waals surface area (Å²) in [6, 6.07) is 12.5. The lowest BCUT2D eigenvalue weighted by molar-refractivity contribution is 0.0736. The summed E-state index contributed by atoms with van der Waals surface area (Å²) >= 11 is 1.38. The van der Waals surface area contributed by atoms with Crippen molar-refractivity contribution in [2.75, 3.05) is 6.54 Å². The molecule has 3 heterocycles. The van der Waals surface area contributed by atoms with Gasteiger partial charge >= 0.3 is 0 Å². The highest BCUT2D eigenvalue weighted by Gasteiger charge is 2.33. The van der Waals surface area contributed by atoms with E-state index in [1.54, 1.807) is 17.6 Å². The first-order valence-electron chi connectivity index (χ1n) is 9.04. The minimum atomic E-state index is -0.219. The van der Waals surface area contributed by atoms with Crippen LogP contribution in [0.4, 0.5) is 4.39 Å². The highest BCUT2D eigenvalue weighted by atomic mass is 32.1. The zero-order valence-electron chi connectivity index (χ0n) is 15.1. The van der Waals surface area contributed by atoms with Crippen LogP contribution in [0.25, 0.3) is 0 Å². The van der Waals surface area contributed by atoms with Crippen molar-refractivity contribution in [1.29, 1.82) is 0 Å². The van der Waals surface area contributed by atoms with Crippen LogP contribution in [0.15, 0.2) is 48.0 Å². The quantitative estimate of drug-likeness (QED) is 0.666. The SMILES string of the molecule is Cc1ncsc1C(=O)N1CCC[C@H]1c1cccc(Cc2ccccc2F)n1. The maximum atomic E-state index is 14.0. The van der Waals surface area contributed by atoms with Crippen LogP contribution >= 0.6 is 11.3 Å². The van der Waals surface area contributed by atoms with Crippen LogP contribution in [0.1, 0.15) is 51.2 Å². The molecular weight excluding hydrogens is 361 g/mol. The van der Waals surface area contributed by atoms with Gasteiger partial charge in [0.1, 0.15) is 10.7 Å². The van der Waals surface area contributed by atoms with Crippen molar-refractivity contribution in [3.05, 3.63) is 81.3 Å². The predicted octanol–water partition coefficient (Wildman–Crippen LogP) is 4.55. The predicted molar refractivity (Wildman–Crippen MR) is 103 cm³/mol. The average molecular weight is 381 g/mol. The van der Waals surface area contributed by atoms with Crippen LogP contribution in [0, 0.1) is 12.7 Å². The number of hydrogen-bond donors (Lipinski definition) is 0. The van der Waals surface area contributed by atoms with Crippen molar-refractivity contribution in [3.63, 3.8) is 0 Å². The van der Waals surface area contributed by atoms with E-state index in [9.17, 15) is 9.18 Å². The Morgan fingerprint density at radius 3 is 2.89 bits per heavy atom. The summed E-state index contributed by atoms with van der Waals surface area (Å²) in [6.07, 6.45) is 2.28. The number of hydrogen-bond acceptors (Lipinski definition) is 4. The number of likely N-dealkylation sites (tertiary alicyclic amines) is 1. The number of halogens is 1. The second-order valence-corrected chi connectivity index (χ2v) is 7.60. The maximum absolute atomic E-state index is 14.0. The molecule has 4 rings (SSSR count). The Kier molecular flexibility index (Phi) is 4.99. The third-order valence-electron chi connectivity index (χ3n) is 4.95. The van der Waals surface area contributed by atoms with Crippen LogP contribution in [0.5, 0.6) is 0 Å². The van der Waals surface area contributed by atoms with Crippen LogP contribution in [-0.4, -0.2) is 27.3 Å². The van der Waals surface area contributed by atoms with Crippen molar-refractivity contribution in [2.45, 2.75) is 32.2 Å². The summed E-state index contributed by atoms with van der Waals surface area (Å²) in [5.41, 5.74) is 4.79. The van der Waals surface area contributed by atoms with Crippen molar-refractivity contribution >= 4 is 17.2 Å². The highest BCUT2D eigenvalue weighted by Crippen LogP contribution is 2.33. The Bertz CT molecular complexity index is 971. The van der Waals surface area contributed by atoms with E-state index in [-0.39, 0.29) is 17.8 Å². The molecule has 0 bridgehead atoms. The summed E-state index contributed by atoms with van der Waals surface area (Å²) < 4.78 is 14.0. The molecule has 1 aromatic carbocycles. The standard InChI is InChI=1S/C21H20FN3OS/c1-14-20(27-13-23-14)21(26)25-11-5-10-19(25)18-9-4-7-16(24-18)12-15-6-2-3-8-17(15)22/h2-4,6-9,13,19H,5,10-12H2,1H3/t19-/m0/s1. The van der Waals surface area contributed by atoms with Gasteiger partial charge in [-0.2, -0.15) is 0 Å². The first-order valence-corrected chi connectivity index (χ1v) is 9.92. The lowest BCUT2D eigenvalue weighted by Gasteiger charge is -2.24. The zero-order chi connectivity index (χ0) is 18.8. The van der Waals surface area contributed by atoms with Gasteiger partial charge in [-0.05, 0) is 43.5 Å². The van der Waals surface area contributed by atoms with Gasteiger partial charge in [-0.15, -0.1) is 11.3 Å². The van der Waals surface area contributed by atoms with E-state index < -0.39 is 0 Å². The van der Waals surface area contributed by atoms with Crippen molar-refractivity contribution in [3.8, 4) is 0 Å². The Morgan fingerprint density at radius 1 is 1.26 bits per heavy atom. The fraction of sp³-hybridized carbons (Fsp3) is 0.286. The smallest absolute Gasteiger partial charge is 0.266 e. The second kappa shape index (κ2) is 7.56. The molecule has 1 aliphatic rings. The molecule has 0 radical (unpaired) electrons. The topological polar surface area (TPSA) is 46.1 Å². The first-order chi connectivity index (χ1) is 13.1. The molecule has 138 valence electrons. The molecule has 1 atom stereocenters. The van der Waals surface area contributed by atoms with Gasteiger partial charge in [0, 0.05) is 18.7 Å². The molecule has 1 amide bonds. The number of aryl methyl sites for hydroxylation is 1. The van der Waals surface area contributed by atoms with Crippen LogP contribution in [-0.2, 0) is 6.42 Å². The fourth-order valence-corrected chi connectivity index (χ4v) is 4.33. The Morgan fingerprint density at radius 2 is 2.11 bits per heavy atom. The van der Waals surface area contributed by atoms with Crippen molar-refractivity contribution in [1.82, 2.24) is 14.9 Å². The number of rotatable bonds is 4. The number of carbonyl (C=O) groups is 1. The van der Waals surface area contributed by atoms with Gasteiger partial charge in [-0.3, -0.25) is 9.78 Å². The largest absolute Gasteiger partial charge is 0.329 e. The molecule has 4 nitrogen and oxygen atoms in total. The minimum Gasteiger partial charge on any atom is -0.329 e. The van der Waals surface area contributed by atoms with Gasteiger partial charge < -0.3 is 4.90 Å². The molecule has 1 fully saturated rings. The number of carbonyl (C=O) groups excluding carboxylic acids is 1.